The molecule has 1 saturated carbocycles. The monoisotopic (exact) mass is 220 g/mol. The highest BCUT2D eigenvalue weighted by molar-refractivity contribution is 7.92. The zero-order valence-corrected chi connectivity index (χ0v) is 9.85. The van der Waals surface area contributed by atoms with Gasteiger partial charge in [-0.1, -0.05) is 20.3 Å². The molecule has 0 aromatic heterocycles. The van der Waals surface area contributed by atoms with Crippen LogP contribution in [0.15, 0.2) is 0 Å². The third-order valence-electron chi connectivity index (χ3n) is 2.84. The highest BCUT2D eigenvalue weighted by Gasteiger charge is 2.40. The Morgan fingerprint density at radius 3 is 2.43 bits per heavy atom. The molecule has 0 radical (unpaired) electrons. The van der Waals surface area contributed by atoms with Crippen molar-refractivity contribution in [3.05, 3.63) is 0 Å². The summed E-state index contributed by atoms with van der Waals surface area (Å²) in [6.07, 6.45) is 3.79. The number of hydrogen-bond donors (Lipinski definition) is 0. The van der Waals surface area contributed by atoms with Gasteiger partial charge in [-0.2, -0.15) is 0 Å². The first-order valence-electron chi connectivity index (χ1n) is 5.45. The number of unbranched alkanes of at least 4 members (excludes halogenated alkanes) is 1. The molecule has 0 aliphatic heterocycles. The molecule has 0 bridgehead atoms. The molecule has 1 rings (SSSR count). The van der Waals surface area contributed by atoms with Crippen molar-refractivity contribution in [3.8, 4) is 0 Å². The topological polar surface area (TPSA) is 43.4 Å². The first-order chi connectivity index (χ1) is 6.61. The Hall–Kier alpha value is -0.0900. The molecule has 0 amide bonds. The highest BCUT2D eigenvalue weighted by atomic mass is 32.2. The predicted octanol–water partition coefficient (Wildman–Crippen LogP) is 1.77. The third kappa shape index (κ3) is 2.70. The van der Waals surface area contributed by atoms with Gasteiger partial charge in [0.25, 0.3) is 0 Å². The van der Waals surface area contributed by atoms with E-state index < -0.39 is 9.84 Å². The maximum Gasteiger partial charge on any atom is 0.155 e. The molecule has 1 aliphatic rings. The second-order valence-corrected chi connectivity index (χ2v) is 6.34. The smallest absolute Gasteiger partial charge is 0.155 e. The molecule has 1 fully saturated rings. The Bertz CT molecular complexity index is 259. The fourth-order valence-electron chi connectivity index (χ4n) is 1.63. The average molecular weight is 220 g/mol. The second kappa shape index (κ2) is 5.12. The summed E-state index contributed by atoms with van der Waals surface area (Å²) in [6, 6.07) is 0. The van der Waals surface area contributed by atoms with Crippen LogP contribution >= 0.6 is 0 Å². The van der Waals surface area contributed by atoms with Crippen LogP contribution in [0.3, 0.4) is 0 Å². The van der Waals surface area contributed by atoms with Crippen molar-refractivity contribution in [1.82, 2.24) is 0 Å². The van der Waals surface area contributed by atoms with Crippen LogP contribution in [-0.4, -0.2) is 32.1 Å². The van der Waals surface area contributed by atoms with Gasteiger partial charge in [0.1, 0.15) is 0 Å². The fraction of sp³-hybridized carbons (Fsp3) is 1.00. The largest absolute Gasteiger partial charge is 0.377 e. The maximum absolute atomic E-state index is 11.5. The van der Waals surface area contributed by atoms with Gasteiger partial charge in [0, 0.05) is 12.4 Å². The van der Waals surface area contributed by atoms with Crippen LogP contribution in [0.1, 0.15) is 39.5 Å². The van der Waals surface area contributed by atoms with Gasteiger partial charge in [-0.05, 0) is 19.3 Å². The molecule has 0 spiro atoms. The van der Waals surface area contributed by atoms with E-state index >= 15 is 0 Å². The van der Waals surface area contributed by atoms with Gasteiger partial charge < -0.3 is 4.74 Å². The predicted molar refractivity (Wildman–Crippen MR) is 57.1 cm³/mol. The lowest BCUT2D eigenvalue weighted by molar-refractivity contribution is 0.00467. The molecule has 2 atom stereocenters. The summed E-state index contributed by atoms with van der Waals surface area (Å²) in [5.74, 6) is 0.241. The minimum absolute atomic E-state index is 0.0218. The van der Waals surface area contributed by atoms with E-state index in [0.29, 0.717) is 6.61 Å². The molecule has 1 aliphatic carbocycles. The van der Waals surface area contributed by atoms with E-state index in [9.17, 15) is 8.42 Å². The summed E-state index contributed by atoms with van der Waals surface area (Å²) < 4.78 is 28.6. The van der Waals surface area contributed by atoms with Crippen molar-refractivity contribution in [2.75, 3.05) is 12.4 Å². The van der Waals surface area contributed by atoms with Crippen molar-refractivity contribution in [1.29, 1.82) is 0 Å². The van der Waals surface area contributed by atoms with Crippen molar-refractivity contribution in [2.24, 2.45) is 0 Å². The minimum atomic E-state index is -2.87. The summed E-state index contributed by atoms with van der Waals surface area (Å²) in [5, 5.41) is -0.218. The lowest BCUT2D eigenvalue weighted by atomic mass is 9.95. The van der Waals surface area contributed by atoms with Crippen LogP contribution in [0.4, 0.5) is 0 Å². The van der Waals surface area contributed by atoms with E-state index in [1.807, 2.05) is 0 Å². The maximum atomic E-state index is 11.5. The first kappa shape index (κ1) is 12.0. The van der Waals surface area contributed by atoms with Gasteiger partial charge >= 0.3 is 0 Å². The van der Waals surface area contributed by atoms with Crippen LogP contribution < -0.4 is 0 Å². The molecule has 84 valence electrons. The molecule has 4 heteroatoms. The number of ether oxygens (including phenoxy) is 1. The van der Waals surface area contributed by atoms with Crippen molar-refractivity contribution in [2.45, 2.75) is 50.9 Å². The Labute approximate surface area is 86.8 Å². The summed E-state index contributed by atoms with van der Waals surface area (Å²) >= 11 is 0. The van der Waals surface area contributed by atoms with Gasteiger partial charge in [0.15, 0.2) is 9.84 Å². The normalized spacial score (nSPS) is 27.3. The molecule has 0 aromatic carbocycles. The van der Waals surface area contributed by atoms with Crippen LogP contribution in [0, 0.1) is 0 Å². The Morgan fingerprint density at radius 2 is 2.00 bits per heavy atom. The summed E-state index contributed by atoms with van der Waals surface area (Å²) in [5.41, 5.74) is 0. The number of hydrogen-bond acceptors (Lipinski definition) is 3. The average Bonchev–Trinajstić information content (AvgIpc) is 2.10. The molecule has 0 N–H and O–H groups in total. The van der Waals surface area contributed by atoms with Gasteiger partial charge in [0.2, 0.25) is 0 Å². The van der Waals surface area contributed by atoms with E-state index in [0.717, 1.165) is 25.7 Å². The van der Waals surface area contributed by atoms with E-state index in [1.54, 1.807) is 6.92 Å². The molecule has 0 heterocycles. The van der Waals surface area contributed by atoms with Crippen LogP contribution in [0.5, 0.6) is 0 Å². The molecule has 3 nitrogen and oxygen atoms in total. The zero-order chi connectivity index (χ0) is 10.6. The summed E-state index contributed by atoms with van der Waals surface area (Å²) in [6.45, 7) is 4.51. The lowest BCUT2D eigenvalue weighted by Gasteiger charge is -2.35. The van der Waals surface area contributed by atoms with Gasteiger partial charge in [-0.3, -0.25) is 0 Å². The van der Waals surface area contributed by atoms with E-state index in [1.165, 1.54) is 0 Å². The number of rotatable bonds is 6. The lowest BCUT2D eigenvalue weighted by Crippen LogP contribution is -2.45. The first-order valence-corrected chi connectivity index (χ1v) is 7.16. The molecule has 0 unspecified atom stereocenters. The highest BCUT2D eigenvalue weighted by Crippen LogP contribution is 2.30. The molecular formula is C10H20O3S. The fourth-order valence-corrected chi connectivity index (χ4v) is 3.23. The van der Waals surface area contributed by atoms with E-state index in [-0.39, 0.29) is 17.1 Å². The van der Waals surface area contributed by atoms with Gasteiger partial charge in [0.05, 0.1) is 11.4 Å². The second-order valence-electron chi connectivity index (χ2n) is 3.83. The van der Waals surface area contributed by atoms with E-state index in [4.69, 9.17) is 4.74 Å². The molecular weight excluding hydrogens is 200 g/mol. The quantitative estimate of drug-likeness (QED) is 0.641. The van der Waals surface area contributed by atoms with Crippen LogP contribution in [0.2, 0.25) is 0 Å². The third-order valence-corrected chi connectivity index (χ3v) is 5.11. The summed E-state index contributed by atoms with van der Waals surface area (Å²) in [4.78, 5) is 0. The summed E-state index contributed by atoms with van der Waals surface area (Å²) in [7, 11) is -2.87. The Balaban J connectivity index is 2.35. The van der Waals surface area contributed by atoms with Crippen molar-refractivity contribution >= 4 is 9.84 Å². The van der Waals surface area contributed by atoms with Crippen molar-refractivity contribution in [3.63, 3.8) is 0 Å². The Kier molecular flexibility index (Phi) is 4.38. The SMILES string of the molecule is CCCCO[C@H]1CC[C@@H]1S(=O)(=O)CC. The van der Waals surface area contributed by atoms with Gasteiger partial charge in [-0.25, -0.2) is 8.42 Å². The van der Waals surface area contributed by atoms with Crippen LogP contribution in [-0.2, 0) is 14.6 Å². The van der Waals surface area contributed by atoms with Gasteiger partial charge in [-0.15, -0.1) is 0 Å². The standard InChI is InChI=1S/C10H20O3S/c1-3-5-8-13-9-6-7-10(9)14(11,12)4-2/h9-10H,3-8H2,1-2H3/t9-,10-/m0/s1. The number of sulfone groups is 1. The minimum Gasteiger partial charge on any atom is -0.377 e. The molecule has 14 heavy (non-hydrogen) atoms. The van der Waals surface area contributed by atoms with E-state index in [2.05, 4.69) is 6.92 Å². The van der Waals surface area contributed by atoms with Crippen LogP contribution in [0.25, 0.3) is 0 Å². The van der Waals surface area contributed by atoms with Crippen molar-refractivity contribution < 1.29 is 13.2 Å². The molecule has 0 saturated heterocycles. The Morgan fingerprint density at radius 1 is 1.29 bits per heavy atom. The zero-order valence-electron chi connectivity index (χ0n) is 9.03. The molecule has 0 aromatic rings.